The van der Waals surface area contributed by atoms with E-state index in [4.69, 9.17) is 33.5 Å². The van der Waals surface area contributed by atoms with E-state index in [0.717, 1.165) is 102 Å². The zero-order valence-corrected chi connectivity index (χ0v) is 47.3. The van der Waals surface area contributed by atoms with E-state index in [1.807, 2.05) is 0 Å². The van der Waals surface area contributed by atoms with Gasteiger partial charge in [0.05, 0.1) is 43.7 Å². The van der Waals surface area contributed by atoms with Gasteiger partial charge in [0.2, 0.25) is 0 Å². The van der Waals surface area contributed by atoms with E-state index in [1.165, 1.54) is 141 Å². The molecule has 0 radical (unpaired) electrons. The van der Waals surface area contributed by atoms with Crippen molar-refractivity contribution >= 4 is 23.7 Å². The lowest BCUT2D eigenvalue weighted by Crippen LogP contribution is -2.52. The standard InChI is InChI=1S/C16H24O3.2C15H22O3.C7H10O.C7H8O.C7H10/c1-10(2)16(17)19-4-3-18-15-13-6-11-5-12(8-13)9-14(15)7-11;1-2-14(16)17-3-4-18-15-8-11-5-12(9-15)7-13(6-11)10-15;1-2-14(16)17-3-4-18-15-12-6-10-5-11(8-12)9-13(15)7-10;2*8-7-4-5-1-2-6(7)3-5;1-2-7-4-3-6(1)5-7/h11-15H,1,3-9H2,2H3;2,11-13H,1,3-10H2;2,10-13,15H,1,3-9H2;1-2,5-8H,3-4H2;1-2,5-6H,3-4H2;1-2,6-7H,3-5H2. The van der Waals surface area contributed by atoms with Crippen molar-refractivity contribution in [3.05, 3.63) is 73.9 Å². The lowest BCUT2D eigenvalue weighted by Gasteiger charge is -2.56. The maximum atomic E-state index is 11.3. The van der Waals surface area contributed by atoms with Crippen LogP contribution in [0.2, 0.25) is 0 Å². The Morgan fingerprint density at radius 3 is 1.29 bits per heavy atom. The van der Waals surface area contributed by atoms with Gasteiger partial charge in [-0.2, -0.15) is 0 Å². The molecule has 0 aromatic rings. The van der Waals surface area contributed by atoms with E-state index in [-0.39, 0.29) is 29.6 Å². The van der Waals surface area contributed by atoms with Crippen LogP contribution in [0.15, 0.2) is 73.9 Å². The molecule has 11 heteroatoms. The molecule has 1 N–H and O–H groups in total. The van der Waals surface area contributed by atoms with Gasteiger partial charge < -0.3 is 33.5 Å². The molecule has 430 valence electrons. The van der Waals surface area contributed by atoms with Crippen LogP contribution in [0.5, 0.6) is 0 Å². The Kier molecular flexibility index (Phi) is 19.6. The van der Waals surface area contributed by atoms with Crippen LogP contribution in [0.25, 0.3) is 0 Å². The zero-order chi connectivity index (χ0) is 54.3. The molecule has 0 saturated heterocycles. The Morgan fingerprint density at radius 2 is 0.974 bits per heavy atom. The minimum atomic E-state index is -0.358. The molecular formula is C67H96O11. The van der Waals surface area contributed by atoms with Crippen molar-refractivity contribution in [1.29, 1.82) is 0 Å². The van der Waals surface area contributed by atoms with Gasteiger partial charge in [0.15, 0.2) is 0 Å². The third-order valence-electron chi connectivity index (χ3n) is 21.4. The molecule has 0 heterocycles. The molecule has 7 atom stereocenters. The summed E-state index contributed by atoms with van der Waals surface area (Å²) in [7, 11) is 0. The van der Waals surface area contributed by atoms with Crippen LogP contribution in [0.1, 0.15) is 155 Å². The van der Waals surface area contributed by atoms with Crippen LogP contribution < -0.4 is 0 Å². The molecule has 0 spiro atoms. The fourth-order valence-electron chi connectivity index (χ4n) is 18.8. The van der Waals surface area contributed by atoms with E-state index < -0.39 is 0 Å². The Hall–Kier alpha value is -3.64. The highest BCUT2D eigenvalue weighted by molar-refractivity contribution is 5.87. The van der Waals surface area contributed by atoms with E-state index in [1.54, 1.807) is 6.92 Å². The molecule has 18 aliphatic rings. The van der Waals surface area contributed by atoms with E-state index in [9.17, 15) is 19.2 Å². The largest absolute Gasteiger partial charge is 0.460 e. The maximum Gasteiger partial charge on any atom is 0.333 e. The SMILES string of the molecule is C1=CC2CCC1C2.C=C(C)C(=O)OCCOC1C2CC3CC(C2)CC1C3.C=CC(=O)OCCOC12CC3CC(CC(C3)C1)C2.C=CC(=O)OCCOC1C2CC3CC(C2)CC1C3.O=C1CC2C=CC1C2.OC1CC2C=CC1C2. The molecule has 0 aromatic heterocycles. The predicted octanol–water partition coefficient (Wildman–Crippen LogP) is 12.3. The number of aliphatic hydroxyl groups is 1. The minimum absolute atomic E-state index is 0.00926. The molecule has 11 nitrogen and oxygen atoms in total. The number of ether oxygens (including phenoxy) is 6. The number of aliphatic hydroxyl groups excluding tert-OH is 1. The number of rotatable bonds is 15. The lowest BCUT2D eigenvalue weighted by molar-refractivity contribution is -0.172. The molecule has 78 heavy (non-hydrogen) atoms. The number of hydrogen-bond donors (Lipinski definition) is 1. The molecule has 18 bridgehead atoms. The summed E-state index contributed by atoms with van der Waals surface area (Å²) in [5.41, 5.74) is 0.574. The summed E-state index contributed by atoms with van der Waals surface area (Å²) in [5.74, 6) is 13.3. The van der Waals surface area contributed by atoms with Crippen molar-refractivity contribution < 1.29 is 52.7 Å². The van der Waals surface area contributed by atoms with Crippen molar-refractivity contribution in [3.63, 3.8) is 0 Å². The first kappa shape index (κ1) is 57.6. The van der Waals surface area contributed by atoms with E-state index in [2.05, 4.69) is 56.2 Å². The quantitative estimate of drug-likeness (QED) is 0.0550. The molecule has 15 fully saturated rings. The molecular weight excluding hydrogens is 981 g/mol. The molecule has 0 aromatic carbocycles. The van der Waals surface area contributed by atoms with Gasteiger partial charge in [-0.05, 0) is 237 Å². The van der Waals surface area contributed by atoms with Gasteiger partial charge in [-0.15, -0.1) is 0 Å². The van der Waals surface area contributed by atoms with Gasteiger partial charge in [0.1, 0.15) is 25.6 Å². The molecule has 18 aliphatic carbocycles. The van der Waals surface area contributed by atoms with Crippen molar-refractivity contribution in [2.45, 2.75) is 179 Å². The third kappa shape index (κ3) is 14.9. The minimum Gasteiger partial charge on any atom is -0.460 e. The van der Waals surface area contributed by atoms with Crippen molar-refractivity contribution in [3.8, 4) is 0 Å². The molecule has 18 rings (SSSR count). The maximum absolute atomic E-state index is 11.3. The Morgan fingerprint density at radius 1 is 0.526 bits per heavy atom. The highest BCUT2D eigenvalue weighted by atomic mass is 16.6. The fraction of sp³-hybridized carbons (Fsp3) is 0.761. The Balaban J connectivity index is 0.000000110. The fourth-order valence-corrected chi connectivity index (χ4v) is 18.8. The summed E-state index contributed by atoms with van der Waals surface area (Å²) in [6, 6.07) is 0. The summed E-state index contributed by atoms with van der Waals surface area (Å²) in [6.45, 7) is 14.7. The number of carbonyl (C=O) groups is 4. The van der Waals surface area contributed by atoms with Gasteiger partial charge in [0, 0.05) is 36.0 Å². The molecule has 0 amide bonds. The summed E-state index contributed by atoms with van der Waals surface area (Å²) < 4.78 is 33.2. The van der Waals surface area contributed by atoms with Crippen molar-refractivity contribution in [1.82, 2.24) is 0 Å². The van der Waals surface area contributed by atoms with E-state index in [0.29, 0.717) is 81.0 Å². The van der Waals surface area contributed by atoms with Crippen molar-refractivity contribution in [2.24, 2.45) is 101 Å². The summed E-state index contributed by atoms with van der Waals surface area (Å²) in [6.07, 6.45) is 47.0. The van der Waals surface area contributed by atoms with Crippen LogP contribution >= 0.6 is 0 Å². The lowest BCUT2D eigenvalue weighted by atomic mass is 9.54. The number of esters is 3. The number of allylic oxidation sites excluding steroid dienone is 5. The summed E-state index contributed by atoms with van der Waals surface area (Å²) in [4.78, 5) is 43.9. The zero-order valence-electron chi connectivity index (χ0n) is 47.3. The number of ketones is 1. The number of hydrogen-bond acceptors (Lipinski definition) is 11. The van der Waals surface area contributed by atoms with Gasteiger partial charge in [-0.3, -0.25) is 4.79 Å². The van der Waals surface area contributed by atoms with Gasteiger partial charge in [-0.25, -0.2) is 14.4 Å². The highest BCUT2D eigenvalue weighted by Gasteiger charge is 2.52. The van der Waals surface area contributed by atoms with Crippen LogP contribution in [-0.2, 0) is 47.6 Å². The topological polar surface area (TPSA) is 144 Å². The number of carbonyl (C=O) groups excluding carboxylic acids is 4. The predicted molar refractivity (Wildman–Crippen MR) is 300 cm³/mol. The summed E-state index contributed by atoms with van der Waals surface area (Å²) >= 11 is 0. The number of fused-ring (bicyclic) bond motifs is 6. The molecule has 7 unspecified atom stereocenters. The van der Waals surface area contributed by atoms with Gasteiger partial charge in [-0.1, -0.05) is 56.2 Å². The second-order valence-electron chi connectivity index (χ2n) is 27.4. The van der Waals surface area contributed by atoms with Crippen molar-refractivity contribution in [2.75, 3.05) is 39.6 Å². The molecule has 0 aliphatic heterocycles. The second kappa shape index (κ2) is 26.5. The first-order valence-corrected chi connectivity index (χ1v) is 31.3. The average molecular weight is 1080 g/mol. The average Bonchev–Trinajstić information content (AvgIpc) is 4.46. The smallest absolute Gasteiger partial charge is 0.333 e. The van der Waals surface area contributed by atoms with Crippen LogP contribution in [-0.4, -0.2) is 92.4 Å². The first-order valence-electron chi connectivity index (χ1n) is 31.3. The summed E-state index contributed by atoms with van der Waals surface area (Å²) in [5, 5.41) is 9.17. The third-order valence-corrected chi connectivity index (χ3v) is 21.4. The van der Waals surface area contributed by atoms with Gasteiger partial charge in [0.25, 0.3) is 0 Å². The Labute approximate surface area is 467 Å². The van der Waals surface area contributed by atoms with Crippen LogP contribution in [0.4, 0.5) is 0 Å². The normalized spacial score (nSPS) is 42.0. The second-order valence-corrected chi connectivity index (χ2v) is 27.4. The monoisotopic (exact) mass is 1080 g/mol. The van der Waals surface area contributed by atoms with Crippen LogP contribution in [0, 0.1) is 101 Å². The molecule has 15 saturated carbocycles. The van der Waals surface area contributed by atoms with E-state index >= 15 is 0 Å². The van der Waals surface area contributed by atoms with Gasteiger partial charge >= 0.3 is 17.9 Å². The number of Topliss-reactive ketones (excluding diaryl/α,β-unsaturated/α-hetero) is 1. The Bertz CT molecular complexity index is 2100. The first-order chi connectivity index (χ1) is 37.7. The van der Waals surface area contributed by atoms with Crippen LogP contribution in [0.3, 0.4) is 0 Å². The highest BCUT2D eigenvalue weighted by Crippen LogP contribution is 2.58.